The van der Waals surface area contributed by atoms with Crippen LogP contribution in [0.25, 0.3) is 0 Å². The molecular weight excluding hydrogens is 264 g/mol. The Morgan fingerprint density at radius 3 is 1.71 bits per heavy atom. The van der Waals surface area contributed by atoms with Gasteiger partial charge in [0.05, 0.1) is 19.4 Å². The molecule has 3 aromatic rings. The molecule has 3 N–H and O–H groups in total. The summed E-state index contributed by atoms with van der Waals surface area (Å²) in [5, 5.41) is 9.15. The molecule has 1 heterocycles. The van der Waals surface area contributed by atoms with E-state index in [9.17, 15) is 0 Å². The van der Waals surface area contributed by atoms with Gasteiger partial charge in [0.2, 0.25) is 0 Å². The van der Waals surface area contributed by atoms with Crippen molar-refractivity contribution >= 4 is 5.82 Å². The Morgan fingerprint density at radius 1 is 0.857 bits per heavy atom. The van der Waals surface area contributed by atoms with Crippen molar-refractivity contribution in [3.63, 3.8) is 0 Å². The molecular formula is C16H18N4O. The first-order valence-electron chi connectivity index (χ1n) is 6.62. The number of hydrogen-bond donors (Lipinski definition) is 2. The molecule has 0 bridgehead atoms. The van der Waals surface area contributed by atoms with E-state index >= 15 is 0 Å². The number of benzene rings is 2. The van der Waals surface area contributed by atoms with Gasteiger partial charge in [-0.1, -0.05) is 65.9 Å². The fourth-order valence-corrected chi connectivity index (χ4v) is 1.65. The highest BCUT2D eigenvalue weighted by atomic mass is 16.5. The van der Waals surface area contributed by atoms with Gasteiger partial charge in [-0.05, 0) is 11.1 Å². The van der Waals surface area contributed by atoms with Crippen molar-refractivity contribution < 1.29 is 4.74 Å². The SMILES string of the molecule is Nc1c[nH]nn1.c1ccc(COCc2ccccc2)cc1. The van der Waals surface area contributed by atoms with E-state index in [1.165, 1.54) is 17.3 Å². The summed E-state index contributed by atoms with van der Waals surface area (Å²) in [4.78, 5) is 0. The average Bonchev–Trinajstić information content (AvgIpc) is 3.01. The summed E-state index contributed by atoms with van der Waals surface area (Å²) in [5.74, 6) is 0.426. The molecule has 0 saturated heterocycles. The summed E-state index contributed by atoms with van der Waals surface area (Å²) in [6.45, 7) is 1.35. The van der Waals surface area contributed by atoms with Crippen molar-refractivity contribution in [1.29, 1.82) is 0 Å². The predicted octanol–water partition coefficient (Wildman–Crippen LogP) is 2.79. The maximum Gasteiger partial charge on any atom is 0.165 e. The van der Waals surface area contributed by atoms with Crippen molar-refractivity contribution in [3.8, 4) is 0 Å². The number of nitrogens with two attached hydrogens (primary N) is 1. The lowest BCUT2D eigenvalue weighted by molar-refractivity contribution is 0.107. The Kier molecular flexibility index (Phi) is 5.97. The first-order chi connectivity index (χ1) is 10.3. The highest BCUT2D eigenvalue weighted by Crippen LogP contribution is 2.05. The Hall–Kier alpha value is -2.66. The van der Waals surface area contributed by atoms with Gasteiger partial charge < -0.3 is 10.5 Å². The molecule has 0 unspecified atom stereocenters. The Bertz CT molecular complexity index is 557. The van der Waals surface area contributed by atoms with Crippen LogP contribution in [0.1, 0.15) is 11.1 Å². The third kappa shape index (κ3) is 5.88. The van der Waals surface area contributed by atoms with Crippen molar-refractivity contribution in [2.45, 2.75) is 13.2 Å². The number of hydrogen-bond acceptors (Lipinski definition) is 4. The quantitative estimate of drug-likeness (QED) is 0.771. The third-order valence-electron chi connectivity index (χ3n) is 2.66. The molecule has 0 radical (unpaired) electrons. The monoisotopic (exact) mass is 282 g/mol. The lowest BCUT2D eigenvalue weighted by Crippen LogP contribution is -1.93. The second-order valence-corrected chi connectivity index (χ2v) is 4.36. The number of aromatic amines is 1. The Labute approximate surface area is 123 Å². The number of rotatable bonds is 4. The van der Waals surface area contributed by atoms with Crippen LogP contribution in [-0.4, -0.2) is 15.4 Å². The van der Waals surface area contributed by atoms with E-state index in [1.807, 2.05) is 36.4 Å². The van der Waals surface area contributed by atoms with E-state index in [0.29, 0.717) is 19.0 Å². The molecule has 0 aliphatic rings. The van der Waals surface area contributed by atoms with Crippen molar-refractivity contribution in [2.24, 2.45) is 0 Å². The molecule has 0 aliphatic carbocycles. The van der Waals surface area contributed by atoms with Gasteiger partial charge in [0.1, 0.15) is 0 Å². The van der Waals surface area contributed by atoms with E-state index < -0.39 is 0 Å². The molecule has 108 valence electrons. The molecule has 0 saturated carbocycles. The summed E-state index contributed by atoms with van der Waals surface area (Å²) < 4.78 is 5.61. The van der Waals surface area contributed by atoms with Gasteiger partial charge in [-0.2, -0.15) is 0 Å². The zero-order valence-electron chi connectivity index (χ0n) is 11.6. The number of ether oxygens (including phenoxy) is 1. The smallest absolute Gasteiger partial charge is 0.165 e. The third-order valence-corrected chi connectivity index (χ3v) is 2.66. The van der Waals surface area contributed by atoms with Crippen molar-refractivity contribution in [1.82, 2.24) is 15.4 Å². The van der Waals surface area contributed by atoms with Crippen molar-refractivity contribution in [3.05, 3.63) is 78.0 Å². The second-order valence-electron chi connectivity index (χ2n) is 4.36. The van der Waals surface area contributed by atoms with E-state index in [-0.39, 0.29) is 0 Å². The molecule has 5 nitrogen and oxygen atoms in total. The van der Waals surface area contributed by atoms with Gasteiger partial charge >= 0.3 is 0 Å². The first-order valence-corrected chi connectivity index (χ1v) is 6.62. The first kappa shape index (κ1) is 14.7. The predicted molar refractivity (Wildman–Crippen MR) is 82.2 cm³/mol. The molecule has 5 heteroatoms. The minimum absolute atomic E-state index is 0.426. The highest BCUT2D eigenvalue weighted by molar-refractivity contribution is 5.18. The Balaban J connectivity index is 0.000000225. The van der Waals surface area contributed by atoms with E-state index in [2.05, 4.69) is 39.7 Å². The molecule has 0 aliphatic heterocycles. The molecule has 1 aromatic heterocycles. The topological polar surface area (TPSA) is 76.8 Å². The zero-order valence-corrected chi connectivity index (χ0v) is 11.6. The summed E-state index contributed by atoms with van der Waals surface area (Å²) in [5.41, 5.74) is 7.51. The molecule has 3 rings (SSSR count). The van der Waals surface area contributed by atoms with Crippen LogP contribution < -0.4 is 5.73 Å². The molecule has 21 heavy (non-hydrogen) atoms. The maximum absolute atomic E-state index is 5.61. The molecule has 0 amide bonds. The molecule has 0 atom stereocenters. The number of nitrogen functional groups attached to an aromatic ring is 1. The van der Waals surface area contributed by atoms with Gasteiger partial charge in [-0.3, -0.25) is 5.10 Å². The minimum Gasteiger partial charge on any atom is -0.381 e. The van der Waals surface area contributed by atoms with Crippen molar-refractivity contribution in [2.75, 3.05) is 5.73 Å². The Morgan fingerprint density at radius 2 is 1.38 bits per heavy atom. The largest absolute Gasteiger partial charge is 0.381 e. The molecule has 2 aromatic carbocycles. The average molecular weight is 282 g/mol. The van der Waals surface area contributed by atoms with Crippen LogP contribution >= 0.6 is 0 Å². The number of nitrogens with zero attached hydrogens (tertiary/aromatic N) is 2. The van der Waals surface area contributed by atoms with Gasteiger partial charge in [-0.15, -0.1) is 5.10 Å². The molecule has 0 fully saturated rings. The van der Waals surface area contributed by atoms with E-state index in [0.717, 1.165) is 0 Å². The lowest BCUT2D eigenvalue weighted by atomic mass is 10.2. The fourth-order valence-electron chi connectivity index (χ4n) is 1.65. The summed E-state index contributed by atoms with van der Waals surface area (Å²) >= 11 is 0. The number of H-pyrrole nitrogens is 1. The minimum atomic E-state index is 0.426. The number of anilines is 1. The zero-order chi connectivity index (χ0) is 14.8. The van der Waals surface area contributed by atoms with Crippen LogP contribution in [0.3, 0.4) is 0 Å². The van der Waals surface area contributed by atoms with Crippen LogP contribution in [0.4, 0.5) is 5.82 Å². The summed E-state index contributed by atoms with van der Waals surface area (Å²) in [6, 6.07) is 20.4. The van der Waals surface area contributed by atoms with E-state index in [1.54, 1.807) is 0 Å². The van der Waals surface area contributed by atoms with Crippen LogP contribution in [0, 0.1) is 0 Å². The number of nitrogens with one attached hydrogen (secondary N) is 1. The van der Waals surface area contributed by atoms with E-state index in [4.69, 9.17) is 10.5 Å². The van der Waals surface area contributed by atoms with Gasteiger partial charge in [-0.25, -0.2) is 0 Å². The van der Waals surface area contributed by atoms with Gasteiger partial charge in [0.25, 0.3) is 0 Å². The lowest BCUT2D eigenvalue weighted by Gasteiger charge is -2.03. The molecule has 0 spiro atoms. The van der Waals surface area contributed by atoms with Crippen LogP contribution in [-0.2, 0) is 18.0 Å². The van der Waals surface area contributed by atoms with Gasteiger partial charge in [0.15, 0.2) is 5.82 Å². The number of aromatic nitrogens is 3. The van der Waals surface area contributed by atoms with Gasteiger partial charge in [0, 0.05) is 0 Å². The highest BCUT2D eigenvalue weighted by Gasteiger charge is 1.93. The van der Waals surface area contributed by atoms with Crippen LogP contribution in [0.15, 0.2) is 66.9 Å². The summed E-state index contributed by atoms with van der Waals surface area (Å²) in [7, 11) is 0. The van der Waals surface area contributed by atoms with Crippen LogP contribution in [0.5, 0.6) is 0 Å². The summed E-state index contributed by atoms with van der Waals surface area (Å²) in [6.07, 6.45) is 1.51. The second kappa shape index (κ2) is 8.50. The fraction of sp³-hybridized carbons (Fsp3) is 0.125. The maximum atomic E-state index is 5.61. The standard InChI is InChI=1S/C14H14O.C2H4N4/c1-3-7-13(8-4-1)11-15-12-14-9-5-2-6-10-14;3-2-1-4-6-5-2/h1-10H,11-12H2;1H,(H3,3,4,5,6). The van der Waals surface area contributed by atoms with Crippen LogP contribution in [0.2, 0.25) is 0 Å². The normalized spacial score (nSPS) is 9.71.